The van der Waals surface area contributed by atoms with Crippen LogP contribution in [0.1, 0.15) is 0 Å². The van der Waals surface area contributed by atoms with E-state index < -0.39 is 0 Å². The monoisotopic (exact) mass is 700 g/mol. The molecule has 0 unspecified atom stereocenters. The van der Waals surface area contributed by atoms with Crippen molar-refractivity contribution in [2.45, 2.75) is 0 Å². The number of fused-ring (bicyclic) bond motifs is 11. The van der Waals surface area contributed by atoms with Crippen molar-refractivity contribution in [2.24, 2.45) is 0 Å². The van der Waals surface area contributed by atoms with Gasteiger partial charge in [-0.15, -0.1) is 0 Å². The Bertz CT molecular complexity index is 3470. The third kappa shape index (κ3) is 4.44. The fourth-order valence-electron chi connectivity index (χ4n) is 8.98. The molecule has 3 aromatic heterocycles. The van der Waals surface area contributed by atoms with Crippen LogP contribution in [0, 0.1) is 0 Å². The van der Waals surface area contributed by atoms with Crippen LogP contribution >= 0.6 is 0 Å². The predicted octanol–water partition coefficient (Wildman–Crippen LogP) is 14.3. The van der Waals surface area contributed by atoms with Crippen LogP contribution in [0.25, 0.3) is 110 Å². The van der Waals surface area contributed by atoms with Crippen molar-refractivity contribution < 1.29 is 4.42 Å². The van der Waals surface area contributed by atoms with Gasteiger partial charge in [0.1, 0.15) is 5.58 Å². The minimum Gasteiger partial charge on any atom is -0.454 e. The van der Waals surface area contributed by atoms with E-state index in [0.717, 1.165) is 44.3 Å². The quantitative estimate of drug-likeness (QED) is 0.179. The van der Waals surface area contributed by atoms with Crippen molar-refractivity contribution in [3.05, 3.63) is 194 Å². The number of nitrogens with zero attached hydrogens (tertiary/aromatic N) is 2. The largest absolute Gasteiger partial charge is 0.454 e. The van der Waals surface area contributed by atoms with Crippen LogP contribution < -0.4 is 0 Å². The fourth-order valence-corrected chi connectivity index (χ4v) is 8.98. The van der Waals surface area contributed by atoms with Gasteiger partial charge in [0.2, 0.25) is 0 Å². The molecule has 256 valence electrons. The van der Waals surface area contributed by atoms with Crippen LogP contribution in [-0.4, -0.2) is 9.13 Å². The van der Waals surface area contributed by atoms with E-state index in [4.69, 9.17) is 4.42 Å². The lowest BCUT2D eigenvalue weighted by molar-refractivity contribution is 0.666. The lowest BCUT2D eigenvalue weighted by Crippen LogP contribution is -1.95. The standard InChI is InChI=1S/C52H32N2O/c1-2-11-33(12-3-1)34-21-26-38(27-22-34)53-47-29-24-37(32-45(47)42-28-23-35-13-4-5-14-39(35)51(42)53)36-25-30-48-44(31-36)40-15-6-8-18-46(40)54(48)49-19-10-17-43-41-16-7-9-20-50(41)55-52(43)49/h1-32H. The number of hydrogen-bond acceptors (Lipinski definition) is 1. The molecule has 3 heteroatoms. The molecule has 0 saturated heterocycles. The number of aromatic nitrogens is 2. The average Bonchev–Trinajstić information content (AvgIpc) is 3.91. The van der Waals surface area contributed by atoms with Crippen molar-refractivity contribution in [3.8, 4) is 33.6 Å². The fraction of sp³-hybridized carbons (Fsp3) is 0. The summed E-state index contributed by atoms with van der Waals surface area (Å²) in [5.41, 5.74) is 13.6. The van der Waals surface area contributed by atoms with E-state index in [1.165, 1.54) is 65.6 Å². The molecule has 3 nitrogen and oxygen atoms in total. The summed E-state index contributed by atoms with van der Waals surface area (Å²) in [7, 11) is 0. The molecule has 0 aliphatic carbocycles. The van der Waals surface area contributed by atoms with E-state index in [1.54, 1.807) is 0 Å². The van der Waals surface area contributed by atoms with Crippen LogP contribution in [0.2, 0.25) is 0 Å². The summed E-state index contributed by atoms with van der Waals surface area (Å²) in [6.07, 6.45) is 0. The number of benzene rings is 9. The summed E-state index contributed by atoms with van der Waals surface area (Å²) in [5, 5.41) is 9.67. The van der Waals surface area contributed by atoms with Crippen LogP contribution in [-0.2, 0) is 0 Å². The molecule has 3 heterocycles. The minimum atomic E-state index is 0.902. The zero-order chi connectivity index (χ0) is 36.0. The number of hydrogen-bond donors (Lipinski definition) is 0. The van der Waals surface area contributed by atoms with Crippen molar-refractivity contribution in [1.82, 2.24) is 9.13 Å². The molecule has 0 atom stereocenters. The Balaban J connectivity index is 1.05. The molecule has 0 N–H and O–H groups in total. The highest BCUT2D eigenvalue weighted by Crippen LogP contribution is 2.42. The molecule has 0 radical (unpaired) electrons. The normalized spacial score (nSPS) is 12.0. The molecule has 12 aromatic rings. The van der Waals surface area contributed by atoms with E-state index in [0.29, 0.717) is 0 Å². The summed E-state index contributed by atoms with van der Waals surface area (Å²) in [6.45, 7) is 0. The molecule has 0 fully saturated rings. The van der Waals surface area contributed by atoms with Crippen molar-refractivity contribution in [3.63, 3.8) is 0 Å². The van der Waals surface area contributed by atoms with Crippen molar-refractivity contribution in [2.75, 3.05) is 0 Å². The van der Waals surface area contributed by atoms with Gasteiger partial charge in [-0.05, 0) is 82.2 Å². The molecule has 0 bridgehead atoms. The number of furan rings is 1. The molecule has 0 aliphatic rings. The third-order valence-electron chi connectivity index (χ3n) is 11.5. The molecule has 9 aromatic carbocycles. The SMILES string of the molecule is c1ccc(-c2ccc(-n3c4ccc(-c5ccc6c(c5)c5ccccc5n6-c5cccc6c5oc5ccccc56)cc4c4ccc5ccccc5c43)cc2)cc1. The van der Waals surface area contributed by atoms with Gasteiger partial charge in [-0.1, -0.05) is 140 Å². The molecular formula is C52H32N2O. The Morgan fingerprint density at radius 2 is 0.927 bits per heavy atom. The predicted molar refractivity (Wildman–Crippen MR) is 231 cm³/mol. The Hall–Kier alpha value is -7.36. The summed E-state index contributed by atoms with van der Waals surface area (Å²) in [5.74, 6) is 0. The van der Waals surface area contributed by atoms with Gasteiger partial charge in [-0.25, -0.2) is 0 Å². The van der Waals surface area contributed by atoms with E-state index >= 15 is 0 Å². The van der Waals surface area contributed by atoms with Crippen molar-refractivity contribution >= 4 is 76.3 Å². The van der Waals surface area contributed by atoms with Gasteiger partial charge < -0.3 is 13.6 Å². The first-order valence-corrected chi connectivity index (χ1v) is 18.8. The van der Waals surface area contributed by atoms with Crippen molar-refractivity contribution in [1.29, 1.82) is 0 Å². The molecule has 0 amide bonds. The second-order valence-electron chi connectivity index (χ2n) is 14.5. The first-order valence-electron chi connectivity index (χ1n) is 18.8. The summed E-state index contributed by atoms with van der Waals surface area (Å²) in [4.78, 5) is 0. The second-order valence-corrected chi connectivity index (χ2v) is 14.5. The molecule has 55 heavy (non-hydrogen) atoms. The Morgan fingerprint density at radius 3 is 1.75 bits per heavy atom. The van der Waals surface area contributed by atoms with Gasteiger partial charge in [0.25, 0.3) is 0 Å². The van der Waals surface area contributed by atoms with E-state index in [1.807, 2.05) is 6.07 Å². The number of para-hydroxylation sites is 3. The Kier molecular flexibility index (Phi) is 6.34. The highest BCUT2D eigenvalue weighted by atomic mass is 16.3. The van der Waals surface area contributed by atoms with E-state index in [2.05, 4.69) is 197 Å². The summed E-state index contributed by atoms with van der Waals surface area (Å²) < 4.78 is 11.3. The molecular weight excluding hydrogens is 669 g/mol. The Morgan fingerprint density at radius 1 is 0.327 bits per heavy atom. The first kappa shape index (κ1) is 30.1. The lowest BCUT2D eigenvalue weighted by atomic mass is 10.00. The van der Waals surface area contributed by atoms with E-state index in [-0.39, 0.29) is 0 Å². The maximum atomic E-state index is 6.54. The maximum absolute atomic E-state index is 6.54. The topological polar surface area (TPSA) is 23.0 Å². The average molecular weight is 701 g/mol. The second kappa shape index (κ2) is 11.6. The Labute approximate surface area is 316 Å². The van der Waals surface area contributed by atoms with Crippen LogP contribution in [0.5, 0.6) is 0 Å². The van der Waals surface area contributed by atoms with Gasteiger partial charge in [0.05, 0.1) is 27.8 Å². The van der Waals surface area contributed by atoms with Gasteiger partial charge in [-0.3, -0.25) is 0 Å². The zero-order valence-corrected chi connectivity index (χ0v) is 29.8. The van der Waals surface area contributed by atoms with E-state index in [9.17, 15) is 0 Å². The molecule has 12 rings (SSSR count). The van der Waals surface area contributed by atoms with Gasteiger partial charge >= 0.3 is 0 Å². The lowest BCUT2D eigenvalue weighted by Gasteiger charge is -2.11. The zero-order valence-electron chi connectivity index (χ0n) is 29.8. The molecule has 0 saturated carbocycles. The smallest absolute Gasteiger partial charge is 0.159 e. The maximum Gasteiger partial charge on any atom is 0.159 e. The highest BCUT2D eigenvalue weighted by Gasteiger charge is 2.20. The van der Waals surface area contributed by atoms with Crippen LogP contribution in [0.4, 0.5) is 0 Å². The van der Waals surface area contributed by atoms with Gasteiger partial charge in [0, 0.05) is 43.4 Å². The van der Waals surface area contributed by atoms with Gasteiger partial charge in [-0.2, -0.15) is 0 Å². The van der Waals surface area contributed by atoms with Gasteiger partial charge in [0.15, 0.2) is 5.58 Å². The highest BCUT2D eigenvalue weighted by molar-refractivity contribution is 6.19. The molecule has 0 spiro atoms. The summed E-state index contributed by atoms with van der Waals surface area (Å²) >= 11 is 0. The summed E-state index contributed by atoms with van der Waals surface area (Å²) in [6, 6.07) is 70.3. The first-order chi connectivity index (χ1) is 27.3. The van der Waals surface area contributed by atoms with Crippen LogP contribution in [0.15, 0.2) is 199 Å². The van der Waals surface area contributed by atoms with Crippen LogP contribution in [0.3, 0.4) is 0 Å². The third-order valence-corrected chi connectivity index (χ3v) is 11.5. The molecule has 0 aliphatic heterocycles. The number of rotatable bonds is 4. The minimum absolute atomic E-state index is 0.902.